The first-order valence-electron chi connectivity index (χ1n) is 3.84. The average Bonchev–Trinajstić information content (AvgIpc) is 2.53. The topological polar surface area (TPSA) is 76.0 Å². The standard InChI is InChI=1S/C7H10O5/c8-4-2-12-5-3(7(9)10)1-11-6(4)5/h3-6,8H,1-2H2,(H,9,10)/t3-,4+,5+,6+/m0/s1. The molecule has 5 heteroatoms. The highest BCUT2D eigenvalue weighted by molar-refractivity contribution is 5.71. The fourth-order valence-corrected chi connectivity index (χ4v) is 1.69. The van der Waals surface area contributed by atoms with E-state index < -0.39 is 30.2 Å². The molecule has 0 aromatic heterocycles. The number of hydrogen-bond donors (Lipinski definition) is 2. The summed E-state index contributed by atoms with van der Waals surface area (Å²) >= 11 is 0. The highest BCUT2D eigenvalue weighted by Crippen LogP contribution is 2.30. The van der Waals surface area contributed by atoms with Crippen LogP contribution < -0.4 is 0 Å². The molecule has 5 nitrogen and oxygen atoms in total. The van der Waals surface area contributed by atoms with Crippen molar-refractivity contribution in [2.75, 3.05) is 13.2 Å². The number of carbonyl (C=O) groups is 1. The van der Waals surface area contributed by atoms with Crippen LogP contribution in [-0.2, 0) is 14.3 Å². The molecule has 0 aromatic carbocycles. The van der Waals surface area contributed by atoms with Crippen molar-refractivity contribution in [3.05, 3.63) is 0 Å². The first-order chi connectivity index (χ1) is 5.70. The van der Waals surface area contributed by atoms with E-state index >= 15 is 0 Å². The minimum absolute atomic E-state index is 0.141. The van der Waals surface area contributed by atoms with Gasteiger partial charge in [-0.3, -0.25) is 4.79 Å². The Balaban J connectivity index is 2.10. The summed E-state index contributed by atoms with van der Waals surface area (Å²) in [5, 5.41) is 18.0. The van der Waals surface area contributed by atoms with Gasteiger partial charge in [0, 0.05) is 0 Å². The Morgan fingerprint density at radius 1 is 1.25 bits per heavy atom. The summed E-state index contributed by atoms with van der Waals surface area (Å²) < 4.78 is 10.2. The normalized spacial score (nSPS) is 46.1. The predicted octanol–water partition coefficient (Wildman–Crippen LogP) is -1.15. The fraction of sp³-hybridized carbons (Fsp3) is 0.857. The Kier molecular flexibility index (Phi) is 1.79. The second kappa shape index (κ2) is 2.69. The SMILES string of the molecule is O=C(O)[C@H]1CO[C@H]2[C@@H]1OC[C@H]2O. The van der Waals surface area contributed by atoms with Gasteiger partial charge in [0.05, 0.1) is 13.2 Å². The largest absolute Gasteiger partial charge is 0.481 e. The van der Waals surface area contributed by atoms with Crippen LogP contribution in [0.5, 0.6) is 0 Å². The summed E-state index contributed by atoms with van der Waals surface area (Å²) in [7, 11) is 0. The van der Waals surface area contributed by atoms with E-state index in [1.165, 1.54) is 0 Å². The summed E-state index contributed by atoms with van der Waals surface area (Å²) in [6, 6.07) is 0. The lowest BCUT2D eigenvalue weighted by atomic mass is 10.0. The van der Waals surface area contributed by atoms with Crippen molar-refractivity contribution in [2.24, 2.45) is 5.92 Å². The molecule has 4 atom stereocenters. The van der Waals surface area contributed by atoms with Crippen LogP contribution in [0.4, 0.5) is 0 Å². The van der Waals surface area contributed by atoms with Gasteiger partial charge >= 0.3 is 5.97 Å². The van der Waals surface area contributed by atoms with Crippen molar-refractivity contribution in [2.45, 2.75) is 18.3 Å². The van der Waals surface area contributed by atoms with E-state index in [2.05, 4.69) is 0 Å². The van der Waals surface area contributed by atoms with Gasteiger partial charge in [-0.2, -0.15) is 0 Å². The zero-order valence-corrected chi connectivity index (χ0v) is 6.34. The molecule has 0 unspecified atom stereocenters. The lowest BCUT2D eigenvalue weighted by Crippen LogP contribution is -2.31. The highest BCUT2D eigenvalue weighted by atomic mass is 16.6. The average molecular weight is 174 g/mol. The number of carboxylic acid groups (broad SMARTS) is 1. The summed E-state index contributed by atoms with van der Waals surface area (Å²) in [6.07, 6.45) is -1.57. The number of aliphatic hydroxyl groups excluding tert-OH is 1. The minimum Gasteiger partial charge on any atom is -0.481 e. The minimum atomic E-state index is -0.920. The quantitative estimate of drug-likeness (QED) is 0.524. The second-order valence-corrected chi connectivity index (χ2v) is 3.11. The monoisotopic (exact) mass is 174 g/mol. The van der Waals surface area contributed by atoms with Gasteiger partial charge in [0.15, 0.2) is 0 Å². The van der Waals surface area contributed by atoms with E-state index in [0.717, 1.165) is 0 Å². The molecule has 0 aromatic rings. The number of aliphatic hydroxyl groups is 1. The van der Waals surface area contributed by atoms with Crippen LogP contribution in [0.15, 0.2) is 0 Å². The van der Waals surface area contributed by atoms with Crippen LogP contribution in [0.1, 0.15) is 0 Å². The van der Waals surface area contributed by atoms with Crippen molar-refractivity contribution in [1.82, 2.24) is 0 Å². The Morgan fingerprint density at radius 3 is 2.58 bits per heavy atom. The summed E-state index contributed by atoms with van der Waals surface area (Å²) in [4.78, 5) is 10.6. The third-order valence-electron chi connectivity index (χ3n) is 2.34. The Labute approximate surface area is 68.9 Å². The first kappa shape index (κ1) is 7.97. The number of hydrogen-bond acceptors (Lipinski definition) is 4. The van der Waals surface area contributed by atoms with Gasteiger partial charge in [-0.25, -0.2) is 0 Å². The Morgan fingerprint density at radius 2 is 1.92 bits per heavy atom. The van der Waals surface area contributed by atoms with Crippen LogP contribution in [0.25, 0.3) is 0 Å². The third kappa shape index (κ3) is 1.01. The molecule has 0 bridgehead atoms. The molecule has 2 aliphatic rings. The molecular weight excluding hydrogens is 164 g/mol. The zero-order chi connectivity index (χ0) is 8.72. The van der Waals surface area contributed by atoms with Crippen LogP contribution in [-0.4, -0.2) is 47.7 Å². The molecule has 12 heavy (non-hydrogen) atoms. The summed E-state index contributed by atoms with van der Waals surface area (Å²) in [5.41, 5.74) is 0. The van der Waals surface area contributed by atoms with E-state index in [9.17, 15) is 9.90 Å². The number of rotatable bonds is 1. The molecule has 0 saturated carbocycles. The molecule has 2 fully saturated rings. The smallest absolute Gasteiger partial charge is 0.311 e. The van der Waals surface area contributed by atoms with Crippen molar-refractivity contribution in [1.29, 1.82) is 0 Å². The Bertz CT molecular complexity index is 204. The van der Waals surface area contributed by atoms with Gasteiger partial charge in [0.25, 0.3) is 0 Å². The van der Waals surface area contributed by atoms with Gasteiger partial charge in [0.1, 0.15) is 24.2 Å². The number of fused-ring (bicyclic) bond motifs is 1. The maximum Gasteiger partial charge on any atom is 0.311 e. The molecule has 0 radical (unpaired) electrons. The third-order valence-corrected chi connectivity index (χ3v) is 2.34. The van der Waals surface area contributed by atoms with Gasteiger partial charge in [-0.1, -0.05) is 0 Å². The van der Waals surface area contributed by atoms with Crippen molar-refractivity contribution in [3.63, 3.8) is 0 Å². The number of aliphatic carboxylic acids is 1. The molecule has 68 valence electrons. The van der Waals surface area contributed by atoms with Gasteiger partial charge in [-0.15, -0.1) is 0 Å². The van der Waals surface area contributed by atoms with Crippen molar-refractivity contribution >= 4 is 5.97 Å². The molecule has 2 rings (SSSR count). The molecule has 2 aliphatic heterocycles. The second-order valence-electron chi connectivity index (χ2n) is 3.11. The van der Waals surface area contributed by atoms with E-state index in [1.807, 2.05) is 0 Å². The molecule has 2 N–H and O–H groups in total. The zero-order valence-electron chi connectivity index (χ0n) is 6.34. The number of carboxylic acids is 1. The first-order valence-corrected chi connectivity index (χ1v) is 3.84. The molecule has 0 spiro atoms. The van der Waals surface area contributed by atoms with E-state index in [4.69, 9.17) is 14.6 Å². The van der Waals surface area contributed by atoms with Crippen molar-refractivity contribution in [3.8, 4) is 0 Å². The lowest BCUT2D eigenvalue weighted by molar-refractivity contribution is -0.144. The van der Waals surface area contributed by atoms with Gasteiger partial charge in [0.2, 0.25) is 0 Å². The Hall–Kier alpha value is -0.650. The fourth-order valence-electron chi connectivity index (χ4n) is 1.69. The highest BCUT2D eigenvalue weighted by Gasteiger charge is 2.49. The maximum atomic E-state index is 10.6. The molecular formula is C7H10O5. The van der Waals surface area contributed by atoms with Crippen LogP contribution in [0.3, 0.4) is 0 Å². The molecule has 2 heterocycles. The predicted molar refractivity (Wildman–Crippen MR) is 36.6 cm³/mol. The molecule has 0 aliphatic carbocycles. The number of ether oxygens (including phenoxy) is 2. The summed E-state index contributed by atoms with van der Waals surface area (Å²) in [6.45, 7) is 0.320. The van der Waals surface area contributed by atoms with Crippen LogP contribution >= 0.6 is 0 Å². The lowest BCUT2D eigenvalue weighted by Gasteiger charge is -2.10. The summed E-state index contributed by atoms with van der Waals surface area (Å²) in [5.74, 6) is -1.54. The maximum absolute atomic E-state index is 10.6. The van der Waals surface area contributed by atoms with Gasteiger partial charge in [-0.05, 0) is 0 Å². The van der Waals surface area contributed by atoms with Gasteiger partial charge < -0.3 is 19.7 Å². The van der Waals surface area contributed by atoms with Crippen molar-refractivity contribution < 1.29 is 24.5 Å². The van der Waals surface area contributed by atoms with E-state index in [0.29, 0.717) is 0 Å². The molecule has 2 saturated heterocycles. The van der Waals surface area contributed by atoms with E-state index in [1.54, 1.807) is 0 Å². The molecule has 0 amide bonds. The van der Waals surface area contributed by atoms with E-state index in [-0.39, 0.29) is 13.2 Å². The van der Waals surface area contributed by atoms with Crippen LogP contribution in [0, 0.1) is 5.92 Å². The van der Waals surface area contributed by atoms with Crippen LogP contribution in [0.2, 0.25) is 0 Å².